The number of benzene rings is 4. The molecule has 0 radical (unpaired) electrons. The van der Waals surface area contributed by atoms with Gasteiger partial charge in [-0.15, -0.1) is 0 Å². The topological polar surface area (TPSA) is 59.9 Å². The van der Waals surface area contributed by atoms with E-state index in [1.54, 1.807) is 0 Å². The molecule has 54 heavy (non-hydrogen) atoms. The average molecular weight is 701 g/mol. The lowest BCUT2D eigenvalue weighted by molar-refractivity contribution is 0.0917. The number of hydrogen-bond donors (Lipinski definition) is 0. The Morgan fingerprint density at radius 1 is 0.519 bits per heavy atom. The molecule has 0 N–H and O–H groups in total. The molecule has 0 spiro atoms. The molecule has 4 nitrogen and oxygen atoms in total. The highest BCUT2D eigenvalue weighted by Gasteiger charge is 2.32. The molecule has 0 amide bonds. The normalized spacial score (nSPS) is 19.5. The Hall–Kier alpha value is -6.26. The van der Waals surface area contributed by atoms with Crippen LogP contribution in [0.25, 0.3) is 44.8 Å². The summed E-state index contributed by atoms with van der Waals surface area (Å²) in [5.41, 5.74) is 13.6. The Bertz CT molecular complexity index is 2460. The van der Waals surface area contributed by atoms with E-state index >= 15 is 0 Å². The third-order valence-corrected chi connectivity index (χ3v) is 11.1. The van der Waals surface area contributed by atoms with Crippen LogP contribution in [0.1, 0.15) is 57.8 Å². The molecule has 6 aromatic rings. The minimum Gasteiger partial charge on any atom is -0.292 e. The van der Waals surface area contributed by atoms with E-state index in [-0.39, 0.29) is 23.4 Å². The summed E-state index contributed by atoms with van der Waals surface area (Å²) in [4.78, 5) is 38.6. The van der Waals surface area contributed by atoms with Gasteiger partial charge in [0, 0.05) is 23.0 Å². The molecule has 9 rings (SSSR count). The van der Waals surface area contributed by atoms with Gasteiger partial charge in [-0.1, -0.05) is 151 Å². The molecule has 262 valence electrons. The molecular formula is C50H40N2O2. The lowest BCUT2D eigenvalue weighted by atomic mass is 9.79. The van der Waals surface area contributed by atoms with Crippen molar-refractivity contribution >= 4 is 11.6 Å². The van der Waals surface area contributed by atoms with Crippen molar-refractivity contribution in [2.75, 3.05) is 0 Å². The largest absolute Gasteiger partial charge is 0.292 e. The second kappa shape index (κ2) is 14.6. The maximum atomic E-state index is 14.3. The number of rotatable bonds is 6. The summed E-state index contributed by atoms with van der Waals surface area (Å²) in [5, 5.41) is 0. The highest BCUT2D eigenvalue weighted by Crippen LogP contribution is 2.39. The second-order valence-corrected chi connectivity index (χ2v) is 14.6. The van der Waals surface area contributed by atoms with Crippen LogP contribution in [-0.2, 0) is 12.8 Å². The number of aromatic nitrogens is 2. The van der Waals surface area contributed by atoms with Crippen molar-refractivity contribution in [1.82, 2.24) is 9.97 Å². The molecule has 0 aliphatic heterocycles. The van der Waals surface area contributed by atoms with Crippen molar-refractivity contribution < 1.29 is 9.59 Å². The summed E-state index contributed by atoms with van der Waals surface area (Å²) in [6.45, 7) is 0. The van der Waals surface area contributed by atoms with Crippen LogP contribution >= 0.6 is 0 Å². The fourth-order valence-electron chi connectivity index (χ4n) is 8.39. The zero-order valence-corrected chi connectivity index (χ0v) is 30.1. The summed E-state index contributed by atoms with van der Waals surface area (Å²) >= 11 is 0. The van der Waals surface area contributed by atoms with Crippen LogP contribution in [0.3, 0.4) is 0 Å². The van der Waals surface area contributed by atoms with Crippen LogP contribution in [0.4, 0.5) is 0 Å². The molecule has 4 heteroatoms. The number of Topliss-reactive ketones (excluding diaryl/α,β-unsaturated/α-hetero) is 2. The van der Waals surface area contributed by atoms with Gasteiger partial charge in [-0.05, 0) is 89.6 Å². The molecule has 2 heterocycles. The minimum atomic E-state index is -0.251. The highest BCUT2D eigenvalue weighted by atomic mass is 16.1. The maximum Gasteiger partial charge on any atom is 0.188 e. The van der Waals surface area contributed by atoms with Gasteiger partial charge < -0.3 is 0 Å². The van der Waals surface area contributed by atoms with Crippen LogP contribution < -0.4 is 0 Å². The third kappa shape index (κ3) is 6.60. The molecule has 0 saturated carbocycles. The molecule has 4 aromatic carbocycles. The van der Waals surface area contributed by atoms with Gasteiger partial charge in [0.05, 0.1) is 11.4 Å². The van der Waals surface area contributed by atoms with E-state index in [4.69, 9.17) is 9.97 Å². The zero-order chi connectivity index (χ0) is 36.4. The minimum absolute atomic E-state index is 0.0804. The van der Waals surface area contributed by atoms with E-state index in [0.717, 1.165) is 100.0 Å². The van der Waals surface area contributed by atoms with Gasteiger partial charge in [0.1, 0.15) is 11.4 Å². The SMILES string of the molecule is O=C1c2nc(-c3ccccc3)cc(-c3ccccc3)c2CCC1C=C1C=CCC(=CC2CCc3c(-c4ccccc4)cc(-c4ccccc4)nc3C2=O)C1. The summed E-state index contributed by atoms with van der Waals surface area (Å²) in [6, 6.07) is 45.2. The van der Waals surface area contributed by atoms with Crippen molar-refractivity contribution in [1.29, 1.82) is 0 Å². The summed E-state index contributed by atoms with van der Waals surface area (Å²) in [6.07, 6.45) is 13.3. The molecular weight excluding hydrogens is 661 g/mol. The monoisotopic (exact) mass is 700 g/mol. The van der Waals surface area contributed by atoms with Crippen LogP contribution in [-0.4, -0.2) is 21.5 Å². The van der Waals surface area contributed by atoms with Crippen molar-refractivity contribution in [2.24, 2.45) is 11.8 Å². The molecule has 0 fully saturated rings. The fourth-order valence-corrected chi connectivity index (χ4v) is 8.39. The van der Waals surface area contributed by atoms with E-state index in [2.05, 4.69) is 72.8 Å². The zero-order valence-electron chi connectivity index (χ0n) is 30.1. The fraction of sp³-hybridized carbons (Fsp3) is 0.160. The number of nitrogens with zero attached hydrogens (tertiary/aromatic N) is 2. The first kappa shape index (κ1) is 33.6. The van der Waals surface area contributed by atoms with E-state index in [1.807, 2.05) is 84.9 Å². The first-order chi connectivity index (χ1) is 26.6. The molecule has 2 unspecified atom stereocenters. The van der Waals surface area contributed by atoms with Gasteiger partial charge >= 0.3 is 0 Å². The van der Waals surface area contributed by atoms with Crippen molar-refractivity contribution in [3.63, 3.8) is 0 Å². The van der Waals surface area contributed by atoms with Gasteiger partial charge in [0.25, 0.3) is 0 Å². The lowest BCUT2D eigenvalue weighted by Gasteiger charge is -2.26. The maximum absolute atomic E-state index is 14.3. The Morgan fingerprint density at radius 3 is 1.41 bits per heavy atom. The van der Waals surface area contributed by atoms with Crippen LogP contribution in [0.2, 0.25) is 0 Å². The number of ketones is 2. The van der Waals surface area contributed by atoms with Gasteiger partial charge in [-0.2, -0.15) is 0 Å². The van der Waals surface area contributed by atoms with Crippen molar-refractivity contribution in [3.05, 3.63) is 191 Å². The van der Waals surface area contributed by atoms with Crippen LogP contribution in [0.5, 0.6) is 0 Å². The summed E-state index contributed by atoms with van der Waals surface area (Å²) in [5.74, 6) is -0.314. The molecule has 3 aliphatic rings. The van der Waals surface area contributed by atoms with Crippen LogP contribution in [0, 0.1) is 11.8 Å². The molecule has 0 saturated heterocycles. The second-order valence-electron chi connectivity index (χ2n) is 14.6. The van der Waals surface area contributed by atoms with E-state index < -0.39 is 0 Å². The van der Waals surface area contributed by atoms with E-state index in [9.17, 15) is 9.59 Å². The van der Waals surface area contributed by atoms with Crippen molar-refractivity contribution in [3.8, 4) is 44.8 Å². The van der Waals surface area contributed by atoms with Gasteiger partial charge in [-0.3, -0.25) is 9.59 Å². The number of carbonyl (C=O) groups excluding carboxylic acids is 2. The lowest BCUT2D eigenvalue weighted by Crippen LogP contribution is -2.24. The molecule has 0 bridgehead atoms. The Balaban J connectivity index is 0.998. The van der Waals surface area contributed by atoms with E-state index in [1.165, 1.54) is 5.57 Å². The van der Waals surface area contributed by atoms with Gasteiger partial charge in [0.15, 0.2) is 11.6 Å². The molecule has 2 aromatic heterocycles. The number of pyridine rings is 2. The van der Waals surface area contributed by atoms with Gasteiger partial charge in [-0.25, -0.2) is 9.97 Å². The summed E-state index contributed by atoms with van der Waals surface area (Å²) < 4.78 is 0. The average Bonchev–Trinajstić information content (AvgIpc) is 3.24. The first-order valence-electron chi connectivity index (χ1n) is 19.0. The quantitative estimate of drug-likeness (QED) is 0.162. The number of hydrogen-bond acceptors (Lipinski definition) is 4. The number of allylic oxidation sites excluding steroid dienone is 6. The number of fused-ring (bicyclic) bond motifs is 2. The summed E-state index contributed by atoms with van der Waals surface area (Å²) in [7, 11) is 0. The predicted octanol–water partition coefficient (Wildman–Crippen LogP) is 11.5. The predicted molar refractivity (Wildman–Crippen MR) is 217 cm³/mol. The standard InChI is InChI=1S/C50H40N2O2/c53-49-39(24-26-41-43(35-16-5-1-6-17-35)31-45(51-47(41)49)37-20-9-3-10-21-37)29-33-14-13-15-34(28-33)30-40-25-27-42-44(36-18-7-2-8-19-36)32-46(52-48(42)50(40)54)38-22-11-4-12-23-38/h1-14,16-23,29-32,39-40H,15,24-28H2. The Kier molecular flexibility index (Phi) is 9.10. The van der Waals surface area contributed by atoms with Gasteiger partial charge in [0.2, 0.25) is 0 Å². The molecule has 3 aliphatic carbocycles. The Labute approximate surface area is 316 Å². The van der Waals surface area contributed by atoms with Crippen LogP contribution in [0.15, 0.2) is 169 Å². The third-order valence-electron chi connectivity index (χ3n) is 11.1. The highest BCUT2D eigenvalue weighted by molar-refractivity contribution is 6.03. The number of carbonyl (C=O) groups is 2. The van der Waals surface area contributed by atoms with E-state index in [0.29, 0.717) is 11.4 Å². The smallest absolute Gasteiger partial charge is 0.188 e. The molecule has 2 atom stereocenters. The van der Waals surface area contributed by atoms with Crippen molar-refractivity contribution in [2.45, 2.75) is 38.5 Å². The first-order valence-corrected chi connectivity index (χ1v) is 19.0. The Morgan fingerprint density at radius 2 is 0.944 bits per heavy atom.